The lowest BCUT2D eigenvalue weighted by atomic mass is 9.59. The topological polar surface area (TPSA) is 91.8 Å². The predicted octanol–water partition coefficient (Wildman–Crippen LogP) is 5.22. The number of benzene rings is 1. The van der Waals surface area contributed by atoms with E-state index in [1.807, 2.05) is 18.2 Å². The number of ketones is 2. The van der Waals surface area contributed by atoms with Crippen LogP contribution in [0, 0.1) is 17.8 Å². The standard InChI is InChI=1S/C31H30BrNO5/c1-2-7-16-8-6-11-19(28(16)35)25-18-12-13-20-26(31(38)33(30(20)37)17-9-4-3-5-10-17)21(18)14-22-27(25)24(34)15-23(32)29(22)36/h2,6,8,11-12,15,17,20-21,25-26,35H,1,3-5,7,9-10,13-14H2/t20-,21+,25+,26-/m0/s1. The second kappa shape index (κ2) is 9.60. The molecule has 4 aliphatic carbocycles. The number of para-hydroxylation sites is 1. The van der Waals surface area contributed by atoms with Crippen LogP contribution in [0.5, 0.6) is 5.75 Å². The van der Waals surface area contributed by atoms with Crippen molar-refractivity contribution < 1.29 is 24.3 Å². The molecule has 0 aromatic heterocycles. The molecule has 1 aromatic carbocycles. The summed E-state index contributed by atoms with van der Waals surface area (Å²) in [5, 5.41) is 11.3. The number of phenolic OH excluding ortho intramolecular Hbond substituents is 1. The first-order valence-electron chi connectivity index (χ1n) is 13.5. The number of nitrogens with zero attached hydrogens (tertiary/aromatic N) is 1. The molecule has 4 atom stereocenters. The fraction of sp³-hybridized carbons (Fsp3) is 0.419. The van der Waals surface area contributed by atoms with Crippen molar-refractivity contribution in [1.82, 2.24) is 4.90 Å². The van der Waals surface area contributed by atoms with Crippen molar-refractivity contribution in [1.29, 1.82) is 0 Å². The molecule has 196 valence electrons. The van der Waals surface area contributed by atoms with Crippen LogP contribution in [0.25, 0.3) is 0 Å². The Balaban J connectivity index is 1.48. The van der Waals surface area contributed by atoms with Crippen molar-refractivity contribution in [3.63, 3.8) is 0 Å². The van der Waals surface area contributed by atoms with Crippen LogP contribution in [0.2, 0.25) is 0 Å². The van der Waals surface area contributed by atoms with Gasteiger partial charge in [0, 0.05) is 34.7 Å². The maximum absolute atomic E-state index is 14.0. The Morgan fingerprint density at radius 2 is 1.82 bits per heavy atom. The summed E-state index contributed by atoms with van der Waals surface area (Å²) in [5.74, 6) is -2.77. The highest BCUT2D eigenvalue weighted by Crippen LogP contribution is 2.56. The molecular formula is C31H30BrNO5. The van der Waals surface area contributed by atoms with Crippen molar-refractivity contribution in [2.24, 2.45) is 17.8 Å². The van der Waals surface area contributed by atoms with Crippen LogP contribution in [0.15, 0.2) is 64.2 Å². The van der Waals surface area contributed by atoms with Crippen LogP contribution in [-0.4, -0.2) is 39.4 Å². The predicted molar refractivity (Wildman–Crippen MR) is 145 cm³/mol. The number of likely N-dealkylation sites (tertiary alicyclic amines) is 1. The Labute approximate surface area is 230 Å². The molecule has 38 heavy (non-hydrogen) atoms. The van der Waals surface area contributed by atoms with E-state index >= 15 is 0 Å². The van der Waals surface area contributed by atoms with E-state index in [4.69, 9.17) is 0 Å². The lowest BCUT2D eigenvalue weighted by Gasteiger charge is -2.42. The lowest BCUT2D eigenvalue weighted by Crippen LogP contribution is -2.43. The van der Waals surface area contributed by atoms with Crippen molar-refractivity contribution >= 4 is 39.3 Å². The van der Waals surface area contributed by atoms with E-state index in [-0.39, 0.29) is 52.0 Å². The largest absolute Gasteiger partial charge is 0.507 e. The van der Waals surface area contributed by atoms with E-state index < -0.39 is 17.8 Å². The second-order valence-corrected chi connectivity index (χ2v) is 11.9. The third-order valence-electron chi connectivity index (χ3n) is 9.13. The zero-order chi connectivity index (χ0) is 26.7. The van der Waals surface area contributed by atoms with Gasteiger partial charge in [0.05, 0.1) is 16.3 Å². The number of hydrogen-bond donors (Lipinski definition) is 1. The minimum absolute atomic E-state index is 0.0541. The number of phenols is 1. The molecule has 1 aromatic rings. The monoisotopic (exact) mass is 575 g/mol. The van der Waals surface area contributed by atoms with E-state index in [2.05, 4.69) is 22.5 Å². The molecule has 2 fully saturated rings. The Bertz CT molecular complexity index is 1380. The van der Waals surface area contributed by atoms with Crippen LogP contribution >= 0.6 is 15.9 Å². The molecule has 1 saturated heterocycles. The highest BCUT2D eigenvalue weighted by molar-refractivity contribution is 9.12. The van der Waals surface area contributed by atoms with Crippen LogP contribution in [0.3, 0.4) is 0 Å². The molecule has 1 saturated carbocycles. The number of fused-ring (bicyclic) bond motifs is 3. The Morgan fingerprint density at radius 1 is 1.05 bits per heavy atom. The molecule has 0 spiro atoms. The normalized spacial score (nSPS) is 29.6. The summed E-state index contributed by atoms with van der Waals surface area (Å²) >= 11 is 3.26. The average Bonchev–Trinajstić information content (AvgIpc) is 3.18. The van der Waals surface area contributed by atoms with E-state index in [1.165, 1.54) is 11.0 Å². The van der Waals surface area contributed by atoms with Crippen LogP contribution < -0.4 is 0 Å². The third-order valence-corrected chi connectivity index (χ3v) is 9.72. The summed E-state index contributed by atoms with van der Waals surface area (Å²) in [4.78, 5) is 55.8. The highest BCUT2D eigenvalue weighted by Gasteiger charge is 2.57. The summed E-state index contributed by atoms with van der Waals surface area (Å²) in [7, 11) is 0. The first-order valence-corrected chi connectivity index (χ1v) is 14.3. The fourth-order valence-corrected chi connectivity index (χ4v) is 7.90. The molecule has 5 aliphatic rings. The SMILES string of the molecule is C=CCc1cccc([C@H]2C3=CC[C@@H]4C(=O)N(C5CCCCC5)C(=O)[C@@H]4[C@@H]3CC3=C2C(=O)C=C(Br)C3=O)c1O. The maximum atomic E-state index is 14.0. The quantitative estimate of drug-likeness (QED) is 0.302. The summed E-state index contributed by atoms with van der Waals surface area (Å²) in [5.41, 5.74) is 2.82. The van der Waals surface area contributed by atoms with Gasteiger partial charge in [0.1, 0.15) is 5.75 Å². The van der Waals surface area contributed by atoms with Gasteiger partial charge in [-0.15, -0.1) is 6.58 Å². The number of carbonyl (C=O) groups excluding carboxylic acids is 4. The minimum Gasteiger partial charge on any atom is -0.507 e. The molecule has 1 heterocycles. The number of amides is 2. The molecular weight excluding hydrogens is 546 g/mol. The number of halogens is 1. The van der Waals surface area contributed by atoms with Crippen molar-refractivity contribution in [3.05, 3.63) is 75.3 Å². The van der Waals surface area contributed by atoms with Crippen LogP contribution in [-0.2, 0) is 25.6 Å². The number of aromatic hydroxyl groups is 1. The molecule has 1 aliphatic heterocycles. The van der Waals surface area contributed by atoms with Gasteiger partial charge < -0.3 is 5.11 Å². The Hall–Kier alpha value is -3.06. The van der Waals surface area contributed by atoms with E-state index in [1.54, 1.807) is 12.1 Å². The van der Waals surface area contributed by atoms with Gasteiger partial charge in [0.25, 0.3) is 0 Å². The van der Waals surface area contributed by atoms with Crippen LogP contribution in [0.1, 0.15) is 62.0 Å². The van der Waals surface area contributed by atoms with Crippen molar-refractivity contribution in [2.45, 2.75) is 63.3 Å². The first kappa shape index (κ1) is 25.2. The summed E-state index contributed by atoms with van der Waals surface area (Å²) in [6.07, 6.45) is 10.9. The average molecular weight is 576 g/mol. The number of Topliss-reactive ketones (excluding diaryl/α,β-unsaturated/α-hetero) is 1. The van der Waals surface area contributed by atoms with Gasteiger partial charge in [-0.1, -0.05) is 55.2 Å². The van der Waals surface area contributed by atoms with E-state index in [0.29, 0.717) is 35.1 Å². The van der Waals surface area contributed by atoms with E-state index in [9.17, 15) is 24.3 Å². The van der Waals surface area contributed by atoms with Gasteiger partial charge in [0.2, 0.25) is 11.8 Å². The fourth-order valence-electron chi connectivity index (χ4n) is 7.45. The second-order valence-electron chi connectivity index (χ2n) is 11.1. The third kappa shape index (κ3) is 3.73. The summed E-state index contributed by atoms with van der Waals surface area (Å²) < 4.78 is 0.196. The van der Waals surface area contributed by atoms with Gasteiger partial charge >= 0.3 is 0 Å². The number of hydrogen-bond acceptors (Lipinski definition) is 5. The highest BCUT2D eigenvalue weighted by atomic mass is 79.9. The molecule has 0 bridgehead atoms. The molecule has 0 radical (unpaired) electrons. The number of rotatable bonds is 4. The van der Waals surface area contributed by atoms with Gasteiger partial charge in [-0.2, -0.15) is 0 Å². The van der Waals surface area contributed by atoms with Crippen LogP contribution in [0.4, 0.5) is 0 Å². The zero-order valence-corrected chi connectivity index (χ0v) is 22.7. The smallest absolute Gasteiger partial charge is 0.233 e. The molecule has 6 rings (SSSR count). The molecule has 7 heteroatoms. The Morgan fingerprint density at radius 3 is 2.55 bits per heavy atom. The molecule has 2 amide bonds. The summed E-state index contributed by atoms with van der Waals surface area (Å²) in [6.45, 7) is 3.78. The first-order chi connectivity index (χ1) is 18.3. The zero-order valence-electron chi connectivity index (χ0n) is 21.1. The van der Waals surface area contributed by atoms with Gasteiger partial charge in [0.15, 0.2) is 11.6 Å². The van der Waals surface area contributed by atoms with Gasteiger partial charge in [-0.05, 0) is 59.5 Å². The molecule has 1 N–H and O–H groups in total. The maximum Gasteiger partial charge on any atom is 0.233 e. The number of carbonyl (C=O) groups is 4. The van der Waals surface area contributed by atoms with Crippen molar-refractivity contribution in [2.75, 3.05) is 0 Å². The molecule has 0 unspecified atom stereocenters. The Kier molecular flexibility index (Phi) is 6.37. The molecule has 6 nitrogen and oxygen atoms in total. The lowest BCUT2D eigenvalue weighted by molar-refractivity contribution is -0.143. The minimum atomic E-state index is -0.658. The van der Waals surface area contributed by atoms with Gasteiger partial charge in [-0.25, -0.2) is 0 Å². The van der Waals surface area contributed by atoms with Gasteiger partial charge in [-0.3, -0.25) is 24.1 Å². The van der Waals surface area contributed by atoms with E-state index in [0.717, 1.165) is 37.7 Å². The summed E-state index contributed by atoms with van der Waals surface area (Å²) in [6, 6.07) is 5.38. The number of allylic oxidation sites excluding steroid dienone is 7. The van der Waals surface area contributed by atoms with Crippen molar-refractivity contribution in [3.8, 4) is 5.75 Å². The number of imide groups is 1.